The molecule has 8 heteroatoms. The Morgan fingerprint density at radius 3 is 2.36 bits per heavy atom. The molecule has 148 valence electrons. The monoisotopic (exact) mass is 456 g/mol. The Kier molecular flexibility index (Phi) is 9.19. The van der Waals surface area contributed by atoms with Crippen LogP contribution in [0.25, 0.3) is 0 Å². The molecule has 0 aliphatic carbocycles. The maximum absolute atomic E-state index is 9.00. The smallest absolute Gasteiger partial charge is 0.300 e. The number of carbonyl (C=O) groups is 1. The van der Waals surface area contributed by atoms with Crippen LogP contribution in [-0.4, -0.2) is 20.6 Å². The zero-order valence-corrected chi connectivity index (χ0v) is 18.1. The Morgan fingerprint density at radius 1 is 1.14 bits per heavy atom. The molecular formula is C20H19Cl3N2O2S. The van der Waals surface area contributed by atoms with Gasteiger partial charge in [0.1, 0.15) is 0 Å². The Morgan fingerprint density at radius 2 is 1.79 bits per heavy atom. The van der Waals surface area contributed by atoms with E-state index in [2.05, 4.69) is 9.55 Å². The molecule has 2 aromatic carbocycles. The molecule has 1 atom stereocenters. The molecule has 0 radical (unpaired) electrons. The molecule has 4 nitrogen and oxygen atoms in total. The van der Waals surface area contributed by atoms with Crippen molar-refractivity contribution in [3.63, 3.8) is 0 Å². The molecule has 0 saturated heterocycles. The zero-order valence-electron chi connectivity index (χ0n) is 15.1. The van der Waals surface area contributed by atoms with Crippen molar-refractivity contribution >= 4 is 52.5 Å². The van der Waals surface area contributed by atoms with Gasteiger partial charge in [0.2, 0.25) is 0 Å². The maximum atomic E-state index is 9.00. The van der Waals surface area contributed by atoms with Gasteiger partial charge in [0.25, 0.3) is 5.97 Å². The van der Waals surface area contributed by atoms with Crippen molar-refractivity contribution in [1.82, 2.24) is 9.55 Å². The van der Waals surface area contributed by atoms with Gasteiger partial charge in [-0.3, -0.25) is 4.79 Å². The molecule has 0 spiro atoms. The number of thioether (sulfide) groups is 1. The van der Waals surface area contributed by atoms with Crippen LogP contribution in [-0.2, 0) is 17.1 Å². The fraction of sp³-hybridized carbons (Fsp3) is 0.200. The number of hydrogen-bond donors (Lipinski definition) is 1. The molecule has 0 amide bonds. The average Bonchev–Trinajstić information content (AvgIpc) is 3.13. The van der Waals surface area contributed by atoms with E-state index in [0.717, 1.165) is 29.8 Å². The Labute approximate surface area is 183 Å². The first-order chi connectivity index (χ1) is 13.3. The fourth-order valence-corrected chi connectivity index (χ4v) is 4.35. The quantitative estimate of drug-likeness (QED) is 0.452. The highest BCUT2D eigenvalue weighted by Gasteiger charge is 2.17. The molecule has 28 heavy (non-hydrogen) atoms. The van der Waals surface area contributed by atoms with E-state index in [9.17, 15) is 0 Å². The van der Waals surface area contributed by atoms with Gasteiger partial charge in [-0.15, -0.1) is 11.8 Å². The number of benzene rings is 2. The van der Waals surface area contributed by atoms with Crippen LogP contribution in [0.2, 0.25) is 15.1 Å². The highest BCUT2D eigenvalue weighted by Crippen LogP contribution is 2.38. The second kappa shape index (κ2) is 11.4. The number of rotatable bonds is 6. The Hall–Kier alpha value is -1.66. The fourth-order valence-electron chi connectivity index (χ4n) is 2.37. The van der Waals surface area contributed by atoms with Crippen molar-refractivity contribution in [2.75, 3.05) is 0 Å². The predicted molar refractivity (Wildman–Crippen MR) is 117 cm³/mol. The summed E-state index contributed by atoms with van der Waals surface area (Å²) in [6, 6.07) is 13.6. The van der Waals surface area contributed by atoms with Crippen molar-refractivity contribution in [3.05, 3.63) is 87.4 Å². The average molecular weight is 458 g/mol. The number of aliphatic carboxylic acids is 1. The molecule has 0 saturated carbocycles. The Bertz CT molecular complexity index is 883. The summed E-state index contributed by atoms with van der Waals surface area (Å²) in [6.07, 6.45) is 5.56. The van der Waals surface area contributed by atoms with Crippen LogP contribution in [0.1, 0.15) is 23.3 Å². The van der Waals surface area contributed by atoms with Gasteiger partial charge in [-0.2, -0.15) is 0 Å². The lowest BCUT2D eigenvalue weighted by atomic mass is 10.1. The summed E-state index contributed by atoms with van der Waals surface area (Å²) in [5.41, 5.74) is 2.30. The van der Waals surface area contributed by atoms with Crippen LogP contribution in [0, 0.1) is 0 Å². The van der Waals surface area contributed by atoms with Crippen LogP contribution in [0.4, 0.5) is 0 Å². The maximum Gasteiger partial charge on any atom is 0.300 e. The summed E-state index contributed by atoms with van der Waals surface area (Å²) in [5.74, 6) is 0.0372. The summed E-state index contributed by atoms with van der Waals surface area (Å²) in [4.78, 5) is 13.1. The second-order valence-electron chi connectivity index (χ2n) is 5.87. The minimum Gasteiger partial charge on any atom is -0.481 e. The lowest BCUT2D eigenvalue weighted by molar-refractivity contribution is -0.134. The van der Waals surface area contributed by atoms with E-state index >= 15 is 0 Å². The molecule has 1 aromatic heterocycles. The molecule has 1 heterocycles. The number of carboxylic acid groups (broad SMARTS) is 1. The van der Waals surface area contributed by atoms with Crippen molar-refractivity contribution in [2.45, 2.75) is 24.5 Å². The van der Waals surface area contributed by atoms with Crippen molar-refractivity contribution in [3.8, 4) is 0 Å². The molecule has 0 fully saturated rings. The second-order valence-corrected chi connectivity index (χ2v) is 8.34. The summed E-state index contributed by atoms with van der Waals surface area (Å²) >= 11 is 20.2. The third-order valence-corrected chi connectivity index (χ3v) is 5.73. The summed E-state index contributed by atoms with van der Waals surface area (Å²) in [7, 11) is 0. The standard InChI is InChI=1S/C18H15Cl3N2S.C2H4O2/c19-14-3-1-13(2-4-14)11-24-18(10-23-8-7-22-12-23)16-6-5-15(20)9-17(16)21;1-2(3)4/h1-9,12,18H,10-11H2;1H3,(H,3,4). The number of aromatic nitrogens is 2. The first-order valence-corrected chi connectivity index (χ1v) is 10.5. The van der Waals surface area contributed by atoms with Gasteiger partial charge in [0.15, 0.2) is 0 Å². The minimum absolute atomic E-state index is 0.194. The minimum atomic E-state index is -0.833. The van der Waals surface area contributed by atoms with Crippen molar-refractivity contribution < 1.29 is 9.90 Å². The van der Waals surface area contributed by atoms with Gasteiger partial charge in [-0.1, -0.05) is 53.0 Å². The number of nitrogens with zero attached hydrogens (tertiary/aromatic N) is 2. The van der Waals surface area contributed by atoms with E-state index < -0.39 is 5.97 Å². The molecular weight excluding hydrogens is 439 g/mol. The predicted octanol–water partition coefficient (Wildman–Crippen LogP) is 6.61. The number of carboxylic acids is 1. The lowest BCUT2D eigenvalue weighted by Gasteiger charge is -2.19. The van der Waals surface area contributed by atoms with E-state index in [0.29, 0.717) is 10.0 Å². The van der Waals surface area contributed by atoms with Crippen LogP contribution < -0.4 is 0 Å². The largest absolute Gasteiger partial charge is 0.481 e. The van der Waals surface area contributed by atoms with Crippen LogP contribution in [0.3, 0.4) is 0 Å². The normalized spacial score (nSPS) is 11.4. The topological polar surface area (TPSA) is 55.1 Å². The van der Waals surface area contributed by atoms with Gasteiger partial charge in [-0.05, 0) is 35.4 Å². The molecule has 0 aliphatic heterocycles. The summed E-state index contributed by atoms with van der Waals surface area (Å²) in [5, 5.41) is 9.70. The van der Waals surface area contributed by atoms with Crippen LogP contribution in [0.15, 0.2) is 61.2 Å². The first-order valence-electron chi connectivity index (χ1n) is 8.31. The van der Waals surface area contributed by atoms with E-state index in [1.807, 2.05) is 60.7 Å². The molecule has 3 aromatic rings. The van der Waals surface area contributed by atoms with Gasteiger partial charge in [0.05, 0.1) is 6.33 Å². The lowest BCUT2D eigenvalue weighted by Crippen LogP contribution is -2.06. The third kappa shape index (κ3) is 7.76. The molecule has 0 bridgehead atoms. The first kappa shape index (κ1) is 22.6. The van der Waals surface area contributed by atoms with E-state index in [4.69, 9.17) is 44.7 Å². The zero-order chi connectivity index (χ0) is 20.5. The van der Waals surface area contributed by atoms with Gasteiger partial charge in [-0.25, -0.2) is 4.98 Å². The molecule has 3 rings (SSSR count). The number of halogens is 3. The number of hydrogen-bond acceptors (Lipinski definition) is 3. The van der Waals surface area contributed by atoms with E-state index in [1.165, 1.54) is 5.56 Å². The molecule has 0 aliphatic rings. The van der Waals surface area contributed by atoms with Gasteiger partial charge >= 0.3 is 0 Å². The molecule has 1 N–H and O–H groups in total. The van der Waals surface area contributed by atoms with Crippen molar-refractivity contribution in [1.29, 1.82) is 0 Å². The molecule has 1 unspecified atom stereocenters. The van der Waals surface area contributed by atoms with E-state index in [-0.39, 0.29) is 5.25 Å². The van der Waals surface area contributed by atoms with Crippen LogP contribution >= 0.6 is 46.6 Å². The summed E-state index contributed by atoms with van der Waals surface area (Å²) in [6.45, 7) is 1.87. The van der Waals surface area contributed by atoms with Crippen LogP contribution in [0.5, 0.6) is 0 Å². The van der Waals surface area contributed by atoms with E-state index in [1.54, 1.807) is 12.3 Å². The number of imidazole rings is 1. The van der Waals surface area contributed by atoms with Gasteiger partial charge in [0, 0.05) is 51.9 Å². The Balaban J connectivity index is 0.000000640. The van der Waals surface area contributed by atoms with Gasteiger partial charge < -0.3 is 9.67 Å². The highest BCUT2D eigenvalue weighted by atomic mass is 35.5. The summed E-state index contributed by atoms with van der Waals surface area (Å²) < 4.78 is 2.06. The third-order valence-electron chi connectivity index (χ3n) is 3.61. The highest BCUT2D eigenvalue weighted by molar-refractivity contribution is 7.98. The SMILES string of the molecule is CC(=O)O.Clc1ccc(CSC(Cn2ccnc2)c2ccc(Cl)cc2Cl)cc1. The van der Waals surface area contributed by atoms with Crippen molar-refractivity contribution in [2.24, 2.45) is 0 Å².